The first kappa shape index (κ1) is 27.8. The standard InChI is InChI=1S/C31H29FN4O5S/c1-21-20-40-17-16-36(21)28-19-27(31(14-15-31)42(38,39)26-9-5-6-23(32)18-26)34-29(35-28)22-10-12-24(13-11-22)33-30(37)41-25-7-3-2-4-8-25/h2-13,18-19,21H,14-17,20H2,1H3,(H,33,37)/t21-/m0/s1. The number of para-hydroxylation sites is 1. The molecule has 11 heteroatoms. The number of carbonyl (C=O) groups excluding carboxylic acids is 1. The summed E-state index contributed by atoms with van der Waals surface area (Å²) in [6.07, 6.45) is 0.105. The molecule has 1 saturated carbocycles. The highest BCUT2D eigenvalue weighted by atomic mass is 32.2. The summed E-state index contributed by atoms with van der Waals surface area (Å²) >= 11 is 0. The summed E-state index contributed by atoms with van der Waals surface area (Å²) in [6, 6.07) is 22.5. The molecule has 1 N–H and O–H groups in total. The van der Waals surface area contributed by atoms with Crippen LogP contribution in [-0.4, -0.2) is 50.3 Å². The van der Waals surface area contributed by atoms with Gasteiger partial charge in [0.25, 0.3) is 0 Å². The zero-order valence-electron chi connectivity index (χ0n) is 22.9. The molecule has 2 fully saturated rings. The molecule has 1 saturated heterocycles. The van der Waals surface area contributed by atoms with E-state index in [4.69, 9.17) is 19.4 Å². The molecule has 1 amide bonds. The number of carbonyl (C=O) groups is 1. The van der Waals surface area contributed by atoms with Crippen LogP contribution in [0.15, 0.2) is 89.8 Å². The van der Waals surface area contributed by atoms with Crippen LogP contribution < -0.4 is 15.0 Å². The maximum Gasteiger partial charge on any atom is 0.417 e. The van der Waals surface area contributed by atoms with Gasteiger partial charge in [-0.05, 0) is 74.4 Å². The molecule has 0 unspecified atom stereocenters. The van der Waals surface area contributed by atoms with E-state index in [1.54, 1.807) is 54.6 Å². The van der Waals surface area contributed by atoms with E-state index in [0.29, 0.717) is 66.9 Å². The van der Waals surface area contributed by atoms with E-state index in [2.05, 4.69) is 10.2 Å². The van der Waals surface area contributed by atoms with Crippen LogP contribution >= 0.6 is 0 Å². The van der Waals surface area contributed by atoms with Crippen LogP contribution in [0.2, 0.25) is 0 Å². The van der Waals surface area contributed by atoms with Crippen LogP contribution in [0.4, 0.5) is 20.7 Å². The summed E-state index contributed by atoms with van der Waals surface area (Å²) in [7, 11) is -3.94. The molecule has 6 rings (SSSR count). The Morgan fingerprint density at radius 2 is 1.79 bits per heavy atom. The van der Waals surface area contributed by atoms with Gasteiger partial charge in [-0.25, -0.2) is 27.6 Å². The Bertz CT molecular complexity index is 1710. The lowest BCUT2D eigenvalue weighted by molar-refractivity contribution is 0.0985. The third-order valence-corrected chi connectivity index (χ3v) is 10.0. The van der Waals surface area contributed by atoms with Gasteiger partial charge in [0.2, 0.25) is 0 Å². The van der Waals surface area contributed by atoms with E-state index in [-0.39, 0.29) is 10.9 Å². The molecule has 0 bridgehead atoms. The number of aromatic nitrogens is 2. The van der Waals surface area contributed by atoms with Crippen molar-refractivity contribution in [1.82, 2.24) is 9.97 Å². The molecule has 2 heterocycles. The van der Waals surface area contributed by atoms with Gasteiger partial charge in [-0.1, -0.05) is 24.3 Å². The fourth-order valence-electron chi connectivity index (χ4n) is 5.09. The maximum atomic E-state index is 14.0. The number of anilines is 2. The molecule has 42 heavy (non-hydrogen) atoms. The maximum absolute atomic E-state index is 14.0. The molecule has 1 atom stereocenters. The Morgan fingerprint density at radius 1 is 1.02 bits per heavy atom. The average molecular weight is 589 g/mol. The molecule has 2 aliphatic rings. The number of hydrogen-bond donors (Lipinski definition) is 1. The van der Waals surface area contributed by atoms with Crippen molar-refractivity contribution in [2.75, 3.05) is 30.0 Å². The first-order valence-corrected chi connectivity index (χ1v) is 15.1. The quantitative estimate of drug-likeness (QED) is 0.298. The largest absolute Gasteiger partial charge is 0.417 e. The number of hydrogen-bond acceptors (Lipinski definition) is 8. The number of ether oxygens (including phenoxy) is 2. The average Bonchev–Trinajstić information content (AvgIpc) is 3.81. The molecular weight excluding hydrogens is 559 g/mol. The second kappa shape index (κ2) is 11.1. The minimum absolute atomic E-state index is 0.0199. The van der Waals surface area contributed by atoms with E-state index in [1.807, 2.05) is 13.0 Å². The summed E-state index contributed by atoms with van der Waals surface area (Å²) in [6.45, 7) is 3.64. The SMILES string of the molecule is C[C@H]1COCCN1c1cc(C2(S(=O)(=O)c3cccc(F)c3)CC2)nc(-c2ccc(NC(=O)Oc3ccccc3)cc2)n1. The molecular formula is C31H29FN4O5S. The van der Waals surface area contributed by atoms with Crippen molar-refractivity contribution < 1.29 is 27.1 Å². The van der Waals surface area contributed by atoms with Gasteiger partial charge in [0.15, 0.2) is 15.7 Å². The summed E-state index contributed by atoms with van der Waals surface area (Å²) < 4.78 is 51.3. The number of benzene rings is 3. The molecule has 9 nitrogen and oxygen atoms in total. The lowest BCUT2D eigenvalue weighted by atomic mass is 10.1. The van der Waals surface area contributed by atoms with E-state index < -0.39 is 26.5 Å². The summed E-state index contributed by atoms with van der Waals surface area (Å²) in [5.41, 5.74) is 1.52. The normalized spacial score (nSPS) is 17.9. The molecule has 3 aromatic carbocycles. The van der Waals surface area contributed by atoms with Crippen LogP contribution in [0.25, 0.3) is 11.4 Å². The van der Waals surface area contributed by atoms with Crippen molar-refractivity contribution in [1.29, 1.82) is 0 Å². The Kier molecular flexibility index (Phi) is 7.38. The van der Waals surface area contributed by atoms with Crippen molar-refractivity contribution >= 4 is 27.4 Å². The predicted molar refractivity (Wildman–Crippen MR) is 156 cm³/mol. The predicted octanol–water partition coefficient (Wildman–Crippen LogP) is 5.58. The van der Waals surface area contributed by atoms with Crippen LogP contribution in [0.1, 0.15) is 25.5 Å². The number of sulfone groups is 1. The molecule has 216 valence electrons. The Balaban J connectivity index is 1.34. The van der Waals surface area contributed by atoms with Crippen LogP contribution in [0, 0.1) is 5.82 Å². The second-order valence-electron chi connectivity index (χ2n) is 10.4. The third-order valence-electron chi connectivity index (χ3n) is 7.51. The minimum Gasteiger partial charge on any atom is -0.410 e. The van der Waals surface area contributed by atoms with Crippen LogP contribution in [0.3, 0.4) is 0 Å². The van der Waals surface area contributed by atoms with Crippen LogP contribution in [-0.2, 0) is 19.3 Å². The number of nitrogens with zero attached hydrogens (tertiary/aromatic N) is 3. The Hall–Kier alpha value is -4.35. The molecule has 0 radical (unpaired) electrons. The fourth-order valence-corrected chi connectivity index (χ4v) is 7.09. The van der Waals surface area contributed by atoms with E-state index in [9.17, 15) is 17.6 Å². The van der Waals surface area contributed by atoms with E-state index >= 15 is 0 Å². The summed E-state index contributed by atoms with van der Waals surface area (Å²) in [5, 5.41) is 2.69. The van der Waals surface area contributed by atoms with Crippen molar-refractivity contribution in [3.05, 3.63) is 96.4 Å². The van der Waals surface area contributed by atoms with Gasteiger partial charge < -0.3 is 14.4 Å². The van der Waals surface area contributed by atoms with Gasteiger partial charge in [-0.3, -0.25) is 5.32 Å². The van der Waals surface area contributed by atoms with Crippen molar-refractivity contribution in [2.45, 2.75) is 35.4 Å². The number of amides is 1. The number of morpholine rings is 1. The highest BCUT2D eigenvalue weighted by Crippen LogP contribution is 2.55. The highest BCUT2D eigenvalue weighted by molar-refractivity contribution is 7.92. The first-order chi connectivity index (χ1) is 20.2. The molecule has 1 aliphatic carbocycles. The van der Waals surface area contributed by atoms with Gasteiger partial charge in [0.05, 0.1) is 29.8 Å². The smallest absolute Gasteiger partial charge is 0.410 e. The van der Waals surface area contributed by atoms with Gasteiger partial charge in [-0.2, -0.15) is 0 Å². The van der Waals surface area contributed by atoms with Gasteiger partial charge in [0, 0.05) is 23.9 Å². The minimum atomic E-state index is -3.94. The molecule has 1 aromatic heterocycles. The Labute approximate surface area is 243 Å². The van der Waals surface area contributed by atoms with Crippen molar-refractivity contribution in [2.24, 2.45) is 0 Å². The van der Waals surface area contributed by atoms with Crippen LogP contribution in [0.5, 0.6) is 5.75 Å². The summed E-state index contributed by atoms with van der Waals surface area (Å²) in [5.74, 6) is 0.754. The fraction of sp³-hybridized carbons (Fsp3) is 0.258. The lowest BCUT2D eigenvalue weighted by Gasteiger charge is -2.34. The van der Waals surface area contributed by atoms with Crippen molar-refractivity contribution in [3.8, 4) is 17.1 Å². The first-order valence-electron chi connectivity index (χ1n) is 13.6. The second-order valence-corrected chi connectivity index (χ2v) is 12.7. The molecule has 0 spiro atoms. The molecule has 4 aromatic rings. The number of nitrogens with one attached hydrogen (secondary N) is 1. The van der Waals surface area contributed by atoms with Gasteiger partial charge in [0.1, 0.15) is 22.1 Å². The topological polar surface area (TPSA) is 111 Å². The monoisotopic (exact) mass is 588 g/mol. The Morgan fingerprint density at radius 3 is 2.48 bits per heavy atom. The van der Waals surface area contributed by atoms with Gasteiger partial charge in [-0.15, -0.1) is 0 Å². The number of halogens is 1. The van der Waals surface area contributed by atoms with Gasteiger partial charge >= 0.3 is 6.09 Å². The summed E-state index contributed by atoms with van der Waals surface area (Å²) in [4.78, 5) is 23.9. The third kappa shape index (κ3) is 5.45. The zero-order valence-corrected chi connectivity index (χ0v) is 23.7. The van der Waals surface area contributed by atoms with E-state index in [1.165, 1.54) is 18.2 Å². The lowest BCUT2D eigenvalue weighted by Crippen LogP contribution is -2.44. The van der Waals surface area contributed by atoms with E-state index in [0.717, 1.165) is 6.07 Å². The zero-order chi connectivity index (χ0) is 29.3. The number of rotatable bonds is 7. The highest BCUT2D eigenvalue weighted by Gasteiger charge is 2.58. The molecule has 1 aliphatic heterocycles. The van der Waals surface area contributed by atoms with Crippen molar-refractivity contribution in [3.63, 3.8) is 0 Å².